The van der Waals surface area contributed by atoms with Crippen LogP contribution in [0.5, 0.6) is 0 Å². The minimum atomic E-state index is -0.331. The van der Waals surface area contributed by atoms with Gasteiger partial charge < -0.3 is 9.64 Å². The number of nitrogens with zero attached hydrogens (tertiary/aromatic N) is 3. The number of morpholine rings is 1. The number of hydrogen-bond donors (Lipinski definition) is 0. The Morgan fingerprint density at radius 2 is 2.25 bits per heavy atom. The third kappa shape index (κ3) is 2.35. The average molecular weight is 277 g/mol. The second kappa shape index (κ2) is 5.36. The number of anilines is 1. The third-order valence-electron chi connectivity index (χ3n) is 4.18. The molecule has 1 aromatic rings. The second-order valence-electron chi connectivity index (χ2n) is 5.57. The zero-order valence-electron chi connectivity index (χ0n) is 11.6. The summed E-state index contributed by atoms with van der Waals surface area (Å²) in [6, 6.07) is 1.83. The van der Waals surface area contributed by atoms with Crippen molar-refractivity contribution in [2.45, 2.75) is 44.8 Å². The van der Waals surface area contributed by atoms with Gasteiger partial charge in [-0.2, -0.15) is 0 Å². The largest absolute Gasteiger partial charge is 0.374 e. The lowest BCUT2D eigenvalue weighted by Gasteiger charge is -2.44. The number of aryl methyl sites for hydroxylation is 1. The third-order valence-corrected chi connectivity index (χ3v) is 4.18. The summed E-state index contributed by atoms with van der Waals surface area (Å²) >= 11 is 0. The topological polar surface area (TPSA) is 68.5 Å². The molecular formula is C14H19N3O3. The van der Waals surface area contributed by atoms with E-state index in [2.05, 4.69) is 9.88 Å². The van der Waals surface area contributed by atoms with E-state index in [4.69, 9.17) is 4.74 Å². The van der Waals surface area contributed by atoms with Crippen molar-refractivity contribution in [3.63, 3.8) is 0 Å². The van der Waals surface area contributed by atoms with Crippen LogP contribution in [0.1, 0.15) is 31.2 Å². The fourth-order valence-corrected chi connectivity index (χ4v) is 3.26. The summed E-state index contributed by atoms with van der Waals surface area (Å²) in [5, 5.41) is 11.3. The zero-order chi connectivity index (χ0) is 14.1. The predicted octanol–water partition coefficient (Wildman–Crippen LogP) is 2.45. The minimum absolute atomic E-state index is 0.108. The van der Waals surface area contributed by atoms with Crippen LogP contribution >= 0.6 is 0 Å². The van der Waals surface area contributed by atoms with E-state index < -0.39 is 0 Å². The Bertz CT molecular complexity index is 518. The van der Waals surface area contributed by atoms with E-state index in [1.54, 1.807) is 12.3 Å². The number of fused-ring (bicyclic) bond motifs is 1. The van der Waals surface area contributed by atoms with Gasteiger partial charge in [0.05, 0.1) is 23.7 Å². The highest BCUT2D eigenvalue weighted by molar-refractivity contribution is 5.59. The summed E-state index contributed by atoms with van der Waals surface area (Å²) in [7, 11) is 0. The molecule has 1 aliphatic carbocycles. The molecule has 0 N–H and O–H groups in total. The first-order chi connectivity index (χ1) is 9.66. The van der Waals surface area contributed by atoms with E-state index in [0.717, 1.165) is 24.8 Å². The summed E-state index contributed by atoms with van der Waals surface area (Å²) in [6.07, 6.45) is 6.30. The number of ether oxygens (including phenoxy) is 1. The SMILES string of the molecule is Cc1cnc(N2CCO[C@@H]3CCCC[C@H]32)c([N+](=O)[O-])c1. The molecule has 2 atom stereocenters. The summed E-state index contributed by atoms with van der Waals surface area (Å²) in [5.74, 6) is 0.501. The summed E-state index contributed by atoms with van der Waals surface area (Å²) < 4.78 is 5.82. The molecule has 108 valence electrons. The second-order valence-corrected chi connectivity index (χ2v) is 5.57. The number of aromatic nitrogens is 1. The fraction of sp³-hybridized carbons (Fsp3) is 0.643. The zero-order valence-corrected chi connectivity index (χ0v) is 11.6. The Kier molecular flexibility index (Phi) is 3.56. The van der Waals surface area contributed by atoms with Crippen molar-refractivity contribution in [3.8, 4) is 0 Å². The van der Waals surface area contributed by atoms with E-state index in [9.17, 15) is 10.1 Å². The van der Waals surface area contributed by atoms with Gasteiger partial charge in [0, 0.05) is 18.8 Å². The number of nitro groups is 1. The predicted molar refractivity (Wildman–Crippen MR) is 75.0 cm³/mol. The first-order valence-electron chi connectivity index (χ1n) is 7.16. The van der Waals surface area contributed by atoms with Crippen LogP contribution in [0.15, 0.2) is 12.3 Å². The molecule has 0 aromatic carbocycles. The molecule has 2 heterocycles. The van der Waals surface area contributed by atoms with Gasteiger partial charge in [-0.15, -0.1) is 0 Å². The van der Waals surface area contributed by atoms with E-state index in [0.29, 0.717) is 19.0 Å². The molecule has 3 rings (SSSR count). The van der Waals surface area contributed by atoms with E-state index in [-0.39, 0.29) is 22.8 Å². The van der Waals surface area contributed by atoms with Crippen LogP contribution < -0.4 is 4.90 Å². The molecule has 1 saturated heterocycles. The number of pyridine rings is 1. The Labute approximate surface area is 117 Å². The van der Waals surface area contributed by atoms with Crippen molar-refractivity contribution < 1.29 is 9.66 Å². The highest BCUT2D eigenvalue weighted by Crippen LogP contribution is 2.35. The molecule has 6 nitrogen and oxygen atoms in total. The summed E-state index contributed by atoms with van der Waals surface area (Å²) in [4.78, 5) is 17.4. The monoisotopic (exact) mass is 277 g/mol. The Morgan fingerprint density at radius 1 is 1.45 bits per heavy atom. The molecule has 0 bridgehead atoms. The van der Waals surface area contributed by atoms with Crippen LogP contribution in [0, 0.1) is 17.0 Å². The smallest absolute Gasteiger partial charge is 0.311 e. The number of hydrogen-bond acceptors (Lipinski definition) is 5. The first-order valence-corrected chi connectivity index (χ1v) is 7.16. The van der Waals surface area contributed by atoms with E-state index >= 15 is 0 Å². The molecule has 2 aliphatic rings. The Morgan fingerprint density at radius 3 is 3.05 bits per heavy atom. The van der Waals surface area contributed by atoms with Crippen molar-refractivity contribution in [3.05, 3.63) is 27.9 Å². The summed E-state index contributed by atoms with van der Waals surface area (Å²) in [6.45, 7) is 3.12. The van der Waals surface area contributed by atoms with Crippen LogP contribution in [0.25, 0.3) is 0 Å². The van der Waals surface area contributed by atoms with Gasteiger partial charge in [-0.1, -0.05) is 12.8 Å². The van der Waals surface area contributed by atoms with Gasteiger partial charge in [0.25, 0.3) is 0 Å². The first kappa shape index (κ1) is 13.3. The molecule has 1 saturated carbocycles. The molecule has 0 amide bonds. The molecule has 0 radical (unpaired) electrons. The molecule has 0 unspecified atom stereocenters. The van der Waals surface area contributed by atoms with Crippen LogP contribution in [-0.4, -0.2) is 35.2 Å². The molecule has 1 aromatic heterocycles. The van der Waals surface area contributed by atoms with E-state index in [1.165, 1.54) is 6.42 Å². The normalized spacial score (nSPS) is 26.1. The number of rotatable bonds is 2. The van der Waals surface area contributed by atoms with Crippen molar-refractivity contribution in [2.75, 3.05) is 18.1 Å². The summed E-state index contributed by atoms with van der Waals surface area (Å²) in [5.41, 5.74) is 0.921. The van der Waals surface area contributed by atoms with Crippen molar-refractivity contribution in [1.82, 2.24) is 4.98 Å². The van der Waals surface area contributed by atoms with Crippen molar-refractivity contribution in [1.29, 1.82) is 0 Å². The maximum atomic E-state index is 11.3. The quantitative estimate of drug-likeness (QED) is 0.613. The highest BCUT2D eigenvalue weighted by Gasteiger charge is 2.37. The average Bonchev–Trinajstić information content (AvgIpc) is 2.46. The molecule has 1 aliphatic heterocycles. The van der Waals surface area contributed by atoms with Crippen LogP contribution in [0.2, 0.25) is 0 Å². The molecular weight excluding hydrogens is 258 g/mol. The van der Waals surface area contributed by atoms with Crippen molar-refractivity contribution in [2.24, 2.45) is 0 Å². The van der Waals surface area contributed by atoms with Crippen LogP contribution in [0.3, 0.4) is 0 Å². The van der Waals surface area contributed by atoms with Crippen molar-refractivity contribution >= 4 is 11.5 Å². The lowest BCUT2D eigenvalue weighted by molar-refractivity contribution is -0.384. The Balaban J connectivity index is 1.96. The Hall–Kier alpha value is -1.69. The van der Waals surface area contributed by atoms with Gasteiger partial charge in [-0.3, -0.25) is 10.1 Å². The minimum Gasteiger partial charge on any atom is -0.374 e. The van der Waals surface area contributed by atoms with Crippen LogP contribution in [-0.2, 0) is 4.74 Å². The van der Waals surface area contributed by atoms with Gasteiger partial charge in [0.1, 0.15) is 0 Å². The maximum Gasteiger partial charge on any atom is 0.311 e. The van der Waals surface area contributed by atoms with Gasteiger partial charge in [-0.25, -0.2) is 4.98 Å². The highest BCUT2D eigenvalue weighted by atomic mass is 16.6. The van der Waals surface area contributed by atoms with Gasteiger partial charge in [0.2, 0.25) is 5.82 Å². The molecule has 6 heteroatoms. The van der Waals surface area contributed by atoms with Gasteiger partial charge in [-0.05, 0) is 25.3 Å². The van der Waals surface area contributed by atoms with Crippen LogP contribution in [0.4, 0.5) is 11.5 Å². The lowest BCUT2D eigenvalue weighted by Crippen LogP contribution is -2.53. The van der Waals surface area contributed by atoms with Gasteiger partial charge in [0.15, 0.2) is 0 Å². The van der Waals surface area contributed by atoms with E-state index in [1.807, 2.05) is 6.92 Å². The molecule has 0 spiro atoms. The molecule has 2 fully saturated rings. The maximum absolute atomic E-state index is 11.3. The fourth-order valence-electron chi connectivity index (χ4n) is 3.26. The van der Waals surface area contributed by atoms with Gasteiger partial charge >= 0.3 is 5.69 Å². The standard InChI is InChI=1S/C14H19N3O3/c1-10-8-12(17(18)19)14(15-9-10)16-6-7-20-13-5-3-2-4-11(13)16/h8-9,11,13H,2-7H2,1H3/t11-,13-/m1/s1. The molecule has 20 heavy (non-hydrogen) atoms. The lowest BCUT2D eigenvalue weighted by atomic mass is 9.90.